The molecule has 0 saturated heterocycles. The van der Waals surface area contributed by atoms with E-state index in [0.29, 0.717) is 29.8 Å². The first kappa shape index (κ1) is 24.1. The zero-order valence-corrected chi connectivity index (χ0v) is 20.2. The first-order valence-corrected chi connectivity index (χ1v) is 12.0. The molecule has 4 rings (SSSR count). The Balaban J connectivity index is 1.34. The molecule has 8 heteroatoms. The van der Waals surface area contributed by atoms with E-state index < -0.39 is 0 Å². The molecule has 1 aromatic heterocycles. The van der Waals surface area contributed by atoms with Gasteiger partial charge in [-0.25, -0.2) is 0 Å². The second kappa shape index (κ2) is 11.9. The first-order valence-electron chi connectivity index (χ1n) is 11.0. The lowest BCUT2D eigenvalue weighted by Crippen LogP contribution is -2.14. The number of carbonyl (C=O) groups excluding carboxylic acids is 1. The van der Waals surface area contributed by atoms with Crippen LogP contribution in [0.1, 0.15) is 5.56 Å². The summed E-state index contributed by atoms with van der Waals surface area (Å²) in [4.78, 5) is 12.6. The van der Waals surface area contributed by atoms with Crippen molar-refractivity contribution in [1.29, 1.82) is 0 Å². The molecule has 7 nitrogen and oxygen atoms in total. The van der Waals surface area contributed by atoms with Crippen molar-refractivity contribution in [2.24, 2.45) is 0 Å². The van der Waals surface area contributed by atoms with Crippen molar-refractivity contribution in [1.82, 2.24) is 14.8 Å². The monoisotopic (exact) mass is 486 g/mol. The molecule has 0 aliphatic rings. The van der Waals surface area contributed by atoms with Gasteiger partial charge in [-0.1, -0.05) is 60.3 Å². The lowest BCUT2D eigenvalue weighted by Gasteiger charge is -2.10. The summed E-state index contributed by atoms with van der Waals surface area (Å²) in [6.45, 7) is 4.85. The molecule has 1 N–H and O–H groups in total. The molecule has 0 unspecified atom stereocenters. The van der Waals surface area contributed by atoms with E-state index in [4.69, 9.17) is 9.47 Å². The van der Waals surface area contributed by atoms with Crippen LogP contribution < -0.4 is 14.8 Å². The highest BCUT2D eigenvalue weighted by atomic mass is 32.2. The third-order valence-electron chi connectivity index (χ3n) is 5.08. The molecular formula is C27H26N4O3S. The summed E-state index contributed by atoms with van der Waals surface area (Å²) in [6.07, 6.45) is 1.78. The number of aromatic nitrogens is 3. The standard InChI is InChI=1S/C27H26N4O3S/c1-3-16-31-26(21-10-7-11-24(17-21)33-2)29-30-27(31)35-19-25(32)28-22-12-14-23(15-13-22)34-18-20-8-5-4-6-9-20/h3-15,17H,1,16,18-19H2,2H3,(H,28,32). The molecule has 0 saturated carbocycles. The van der Waals surface area contributed by atoms with Gasteiger partial charge in [0.15, 0.2) is 11.0 Å². The van der Waals surface area contributed by atoms with Crippen molar-refractivity contribution < 1.29 is 14.3 Å². The molecule has 0 radical (unpaired) electrons. The maximum Gasteiger partial charge on any atom is 0.234 e. The van der Waals surface area contributed by atoms with Crippen LogP contribution >= 0.6 is 11.8 Å². The molecule has 4 aromatic rings. The Morgan fingerprint density at radius 2 is 1.83 bits per heavy atom. The molecule has 1 heterocycles. The fourth-order valence-electron chi connectivity index (χ4n) is 3.37. The number of hydrogen-bond donors (Lipinski definition) is 1. The van der Waals surface area contributed by atoms with Crippen LogP contribution in [0.15, 0.2) is 96.7 Å². The molecule has 0 aliphatic carbocycles. The van der Waals surface area contributed by atoms with Gasteiger partial charge < -0.3 is 14.8 Å². The summed E-state index contributed by atoms with van der Waals surface area (Å²) in [5, 5.41) is 12.2. The summed E-state index contributed by atoms with van der Waals surface area (Å²) >= 11 is 1.32. The Bertz CT molecular complexity index is 1270. The van der Waals surface area contributed by atoms with Crippen LogP contribution in [0.25, 0.3) is 11.4 Å². The molecular weight excluding hydrogens is 460 g/mol. The smallest absolute Gasteiger partial charge is 0.234 e. The van der Waals surface area contributed by atoms with Crippen LogP contribution in [-0.2, 0) is 17.9 Å². The molecule has 0 aliphatic heterocycles. The summed E-state index contributed by atoms with van der Waals surface area (Å²) in [7, 11) is 1.62. The summed E-state index contributed by atoms with van der Waals surface area (Å²) in [5.74, 6) is 2.23. The molecule has 35 heavy (non-hydrogen) atoms. The Hall–Kier alpha value is -4.04. The number of nitrogens with zero attached hydrogens (tertiary/aromatic N) is 3. The Labute approximate surface area is 208 Å². The predicted molar refractivity (Wildman–Crippen MR) is 139 cm³/mol. The molecule has 1 amide bonds. The van der Waals surface area contributed by atoms with Crippen LogP contribution in [0, 0.1) is 0 Å². The number of ether oxygens (including phenoxy) is 2. The molecule has 178 valence electrons. The quantitative estimate of drug-likeness (QED) is 0.224. The van der Waals surface area contributed by atoms with E-state index in [9.17, 15) is 4.79 Å². The zero-order chi connectivity index (χ0) is 24.5. The van der Waals surface area contributed by atoms with Gasteiger partial charge in [0.25, 0.3) is 0 Å². The average molecular weight is 487 g/mol. The van der Waals surface area contributed by atoms with Crippen LogP contribution in [0.5, 0.6) is 11.5 Å². The lowest BCUT2D eigenvalue weighted by atomic mass is 10.2. The predicted octanol–water partition coefficient (Wildman–Crippen LogP) is 5.45. The van der Waals surface area contributed by atoms with Crippen LogP contribution in [-0.4, -0.2) is 33.5 Å². The maximum atomic E-state index is 12.6. The van der Waals surface area contributed by atoms with Crippen LogP contribution in [0.4, 0.5) is 5.69 Å². The van der Waals surface area contributed by atoms with Crippen molar-refractivity contribution in [2.45, 2.75) is 18.3 Å². The molecule has 0 fully saturated rings. The minimum absolute atomic E-state index is 0.135. The third kappa shape index (κ3) is 6.51. The van der Waals surface area contributed by atoms with Crippen molar-refractivity contribution in [2.75, 3.05) is 18.2 Å². The molecule has 0 bridgehead atoms. The molecule has 0 atom stereocenters. The lowest BCUT2D eigenvalue weighted by molar-refractivity contribution is -0.113. The highest BCUT2D eigenvalue weighted by Crippen LogP contribution is 2.27. The van der Waals surface area contributed by atoms with Crippen LogP contribution in [0.2, 0.25) is 0 Å². The first-order chi connectivity index (χ1) is 17.2. The number of allylic oxidation sites excluding steroid dienone is 1. The number of benzene rings is 3. The van der Waals surface area contributed by atoms with Gasteiger partial charge in [-0.2, -0.15) is 0 Å². The van der Waals surface area contributed by atoms with Gasteiger partial charge in [-0.3, -0.25) is 9.36 Å². The van der Waals surface area contributed by atoms with E-state index in [2.05, 4.69) is 22.1 Å². The number of carbonyl (C=O) groups is 1. The minimum atomic E-state index is -0.135. The topological polar surface area (TPSA) is 78.3 Å². The second-order valence-corrected chi connectivity index (χ2v) is 8.52. The maximum absolute atomic E-state index is 12.6. The van der Waals surface area contributed by atoms with Gasteiger partial charge in [-0.15, -0.1) is 16.8 Å². The van der Waals surface area contributed by atoms with Gasteiger partial charge >= 0.3 is 0 Å². The van der Waals surface area contributed by atoms with E-state index >= 15 is 0 Å². The number of thioether (sulfide) groups is 1. The second-order valence-electron chi connectivity index (χ2n) is 7.57. The third-order valence-corrected chi connectivity index (χ3v) is 6.04. The number of amides is 1. The minimum Gasteiger partial charge on any atom is -0.497 e. The van der Waals surface area contributed by atoms with E-state index in [1.54, 1.807) is 13.2 Å². The van der Waals surface area contributed by atoms with Gasteiger partial charge in [-0.05, 0) is 42.0 Å². The normalized spacial score (nSPS) is 10.5. The van der Waals surface area contributed by atoms with Crippen molar-refractivity contribution in [3.63, 3.8) is 0 Å². The summed E-state index contributed by atoms with van der Waals surface area (Å²) in [5.41, 5.74) is 2.68. The number of methoxy groups -OCH3 is 1. The Morgan fingerprint density at radius 3 is 2.57 bits per heavy atom. The number of hydrogen-bond acceptors (Lipinski definition) is 6. The fraction of sp³-hybridized carbons (Fsp3) is 0.148. The van der Waals surface area contributed by atoms with Gasteiger partial charge in [0.1, 0.15) is 18.1 Å². The number of rotatable bonds is 11. The highest BCUT2D eigenvalue weighted by molar-refractivity contribution is 7.99. The fourth-order valence-corrected chi connectivity index (χ4v) is 4.12. The van der Waals surface area contributed by atoms with Crippen molar-refractivity contribution in [3.05, 3.63) is 97.1 Å². The summed E-state index contributed by atoms with van der Waals surface area (Å²) < 4.78 is 13.0. The molecule has 0 spiro atoms. The Kier molecular flexibility index (Phi) is 8.19. The van der Waals surface area contributed by atoms with E-state index in [1.165, 1.54) is 11.8 Å². The average Bonchev–Trinajstić information content (AvgIpc) is 3.30. The molecule has 3 aromatic carbocycles. The van der Waals surface area contributed by atoms with Gasteiger partial charge in [0.05, 0.1) is 12.9 Å². The summed E-state index contributed by atoms with van der Waals surface area (Å²) in [6, 6.07) is 24.9. The highest BCUT2D eigenvalue weighted by Gasteiger charge is 2.15. The van der Waals surface area contributed by atoms with Gasteiger partial charge in [0.2, 0.25) is 5.91 Å². The van der Waals surface area contributed by atoms with E-state index in [-0.39, 0.29) is 11.7 Å². The van der Waals surface area contributed by atoms with Crippen molar-refractivity contribution >= 4 is 23.4 Å². The Morgan fingerprint density at radius 1 is 1.03 bits per heavy atom. The SMILES string of the molecule is C=CCn1c(SCC(=O)Nc2ccc(OCc3ccccc3)cc2)nnc1-c1cccc(OC)c1. The van der Waals surface area contributed by atoms with Crippen LogP contribution in [0.3, 0.4) is 0 Å². The zero-order valence-electron chi connectivity index (χ0n) is 19.4. The van der Waals surface area contributed by atoms with Gasteiger partial charge in [0, 0.05) is 17.8 Å². The van der Waals surface area contributed by atoms with E-state index in [1.807, 2.05) is 83.4 Å². The van der Waals surface area contributed by atoms with Crippen molar-refractivity contribution in [3.8, 4) is 22.9 Å². The largest absolute Gasteiger partial charge is 0.497 e. The van der Waals surface area contributed by atoms with E-state index in [0.717, 1.165) is 22.6 Å². The number of nitrogens with one attached hydrogen (secondary N) is 1. The number of anilines is 1.